The first-order valence-corrected chi connectivity index (χ1v) is 13.3. The number of rotatable bonds is 3. The molecule has 3 heteroatoms. The van der Waals surface area contributed by atoms with Gasteiger partial charge >= 0.3 is 0 Å². The van der Waals surface area contributed by atoms with Crippen molar-refractivity contribution in [3.63, 3.8) is 0 Å². The van der Waals surface area contributed by atoms with Crippen LogP contribution >= 0.6 is 0 Å². The van der Waals surface area contributed by atoms with Gasteiger partial charge in [0.05, 0.1) is 12.2 Å². The number of aliphatic hydroxyl groups is 1. The lowest BCUT2D eigenvalue weighted by Gasteiger charge is -2.61. The molecule has 0 aromatic carbocycles. The minimum atomic E-state index is -0.0361. The third-order valence-electron chi connectivity index (χ3n) is 11.6. The number of ether oxygens (including phenoxy) is 1. The largest absolute Gasteiger partial charge is 0.393 e. The van der Waals surface area contributed by atoms with Crippen LogP contribution in [0.2, 0.25) is 0 Å². The maximum Gasteiger partial charge on any atom is 0.0610 e. The van der Waals surface area contributed by atoms with E-state index in [0.717, 1.165) is 36.5 Å². The zero-order valence-electron chi connectivity index (χ0n) is 20.0. The normalized spacial score (nSPS) is 54.7. The Bertz CT molecular complexity index is 618. The Morgan fingerprint density at radius 2 is 1.73 bits per heavy atom. The molecule has 2 N–H and O–H groups in total. The summed E-state index contributed by atoms with van der Waals surface area (Å²) >= 11 is 0. The lowest BCUT2D eigenvalue weighted by Crippen LogP contribution is -2.55. The van der Waals surface area contributed by atoms with Crippen molar-refractivity contribution >= 4 is 0 Å². The fraction of sp³-hybridized carbons (Fsp3) is 1.00. The van der Waals surface area contributed by atoms with Gasteiger partial charge in [-0.2, -0.15) is 0 Å². The Morgan fingerprint density at radius 1 is 0.933 bits per heavy atom. The van der Waals surface area contributed by atoms with Crippen LogP contribution in [-0.4, -0.2) is 37.0 Å². The lowest BCUT2D eigenvalue weighted by molar-refractivity contribution is -0.131. The predicted molar refractivity (Wildman–Crippen MR) is 122 cm³/mol. The number of methoxy groups -OCH3 is 1. The Balaban J connectivity index is 1.40. The van der Waals surface area contributed by atoms with Crippen LogP contribution < -0.4 is 5.32 Å². The summed E-state index contributed by atoms with van der Waals surface area (Å²) in [4.78, 5) is 0. The molecule has 172 valence electrons. The third-order valence-corrected chi connectivity index (χ3v) is 11.6. The molecular weight excluding hydrogens is 370 g/mol. The van der Waals surface area contributed by atoms with Crippen molar-refractivity contribution in [3.05, 3.63) is 0 Å². The van der Waals surface area contributed by atoms with E-state index in [1.165, 1.54) is 64.3 Å². The van der Waals surface area contributed by atoms with Crippen LogP contribution in [0.25, 0.3) is 0 Å². The molecule has 5 fully saturated rings. The van der Waals surface area contributed by atoms with Crippen LogP contribution in [0, 0.1) is 46.3 Å². The third kappa shape index (κ3) is 3.24. The maximum absolute atomic E-state index is 10.3. The summed E-state index contributed by atoms with van der Waals surface area (Å²) in [5.41, 5.74) is 0.915. The average Bonchev–Trinajstić information content (AvgIpc) is 3.06. The van der Waals surface area contributed by atoms with E-state index < -0.39 is 0 Å². The fourth-order valence-electron chi connectivity index (χ4n) is 10.0. The molecule has 30 heavy (non-hydrogen) atoms. The van der Waals surface area contributed by atoms with Gasteiger partial charge in [0.2, 0.25) is 0 Å². The molecule has 0 radical (unpaired) electrons. The van der Waals surface area contributed by atoms with E-state index in [4.69, 9.17) is 4.74 Å². The van der Waals surface area contributed by atoms with Gasteiger partial charge in [0, 0.05) is 13.2 Å². The summed E-state index contributed by atoms with van der Waals surface area (Å²) in [5.74, 6) is 4.76. The zero-order chi connectivity index (χ0) is 21.1. The van der Waals surface area contributed by atoms with Gasteiger partial charge in [-0.15, -0.1) is 0 Å². The van der Waals surface area contributed by atoms with Gasteiger partial charge in [-0.05, 0) is 117 Å². The van der Waals surface area contributed by atoms with Crippen LogP contribution in [-0.2, 0) is 4.74 Å². The minimum absolute atomic E-state index is 0.0361. The quantitative estimate of drug-likeness (QED) is 0.645. The summed E-state index contributed by atoms with van der Waals surface area (Å²) in [6.07, 6.45) is 14.7. The molecule has 1 aliphatic heterocycles. The smallest absolute Gasteiger partial charge is 0.0610 e. The van der Waals surface area contributed by atoms with Gasteiger partial charge in [-0.3, -0.25) is 0 Å². The summed E-state index contributed by atoms with van der Waals surface area (Å²) in [7, 11) is 1.98. The number of nitrogens with one attached hydrogen (secondary N) is 1. The molecule has 0 spiro atoms. The van der Waals surface area contributed by atoms with Crippen LogP contribution in [0.15, 0.2) is 0 Å². The highest BCUT2D eigenvalue weighted by Crippen LogP contribution is 2.68. The van der Waals surface area contributed by atoms with E-state index >= 15 is 0 Å². The van der Waals surface area contributed by atoms with E-state index in [0.29, 0.717) is 34.8 Å². The van der Waals surface area contributed by atoms with Crippen molar-refractivity contribution in [1.82, 2.24) is 5.32 Å². The summed E-state index contributed by atoms with van der Waals surface area (Å²) in [6.45, 7) is 9.02. The molecule has 3 nitrogen and oxygen atoms in total. The van der Waals surface area contributed by atoms with E-state index in [1.54, 1.807) is 0 Å². The van der Waals surface area contributed by atoms with E-state index in [1.807, 2.05) is 7.11 Å². The van der Waals surface area contributed by atoms with E-state index in [2.05, 4.69) is 26.1 Å². The second-order valence-corrected chi connectivity index (χ2v) is 12.6. The van der Waals surface area contributed by atoms with Gasteiger partial charge in [-0.25, -0.2) is 0 Å². The fourth-order valence-corrected chi connectivity index (χ4v) is 10.0. The Hall–Kier alpha value is -0.120. The number of hydrogen-bond donors (Lipinski definition) is 2. The standard InChI is InChI=1S/C27H47NO2/c1-17(23-7-5-6-14-28-23)25-24(30-4)16-22-20-9-8-18-15-19(29)10-12-26(18,2)21(20)11-13-27(22,25)3/h17-25,28-29H,5-16H2,1-4H3/t17?,18-,19-,20+,21-,22-,23?,24-,25?,26-,27-/m0/s1. The summed E-state index contributed by atoms with van der Waals surface area (Å²) in [5, 5.41) is 14.2. The molecule has 5 rings (SSSR count). The molecule has 0 amide bonds. The van der Waals surface area contributed by atoms with Gasteiger partial charge in [0.15, 0.2) is 0 Å². The average molecular weight is 418 g/mol. The highest BCUT2D eigenvalue weighted by Gasteiger charge is 2.63. The monoisotopic (exact) mass is 417 g/mol. The molecule has 1 heterocycles. The van der Waals surface area contributed by atoms with E-state index in [-0.39, 0.29) is 6.10 Å². The van der Waals surface area contributed by atoms with Crippen molar-refractivity contribution in [1.29, 1.82) is 0 Å². The first kappa shape index (κ1) is 21.7. The molecular formula is C27H47NO2. The number of fused-ring (bicyclic) bond motifs is 5. The Labute approximate surface area is 185 Å². The van der Waals surface area contributed by atoms with Crippen LogP contribution in [0.1, 0.15) is 91.4 Å². The van der Waals surface area contributed by atoms with Crippen molar-refractivity contribution < 1.29 is 9.84 Å². The van der Waals surface area contributed by atoms with Crippen LogP contribution in [0.4, 0.5) is 0 Å². The molecule has 4 saturated carbocycles. The van der Waals surface area contributed by atoms with Gasteiger partial charge in [0.25, 0.3) is 0 Å². The minimum Gasteiger partial charge on any atom is -0.393 e. The molecule has 0 aromatic rings. The predicted octanol–water partition coefficient (Wildman–Crippen LogP) is 5.41. The Morgan fingerprint density at radius 3 is 2.47 bits per heavy atom. The van der Waals surface area contributed by atoms with Gasteiger partial charge < -0.3 is 15.2 Å². The van der Waals surface area contributed by atoms with Gasteiger partial charge in [0.1, 0.15) is 0 Å². The topological polar surface area (TPSA) is 41.5 Å². The lowest BCUT2D eigenvalue weighted by atomic mass is 9.44. The van der Waals surface area contributed by atoms with Crippen molar-refractivity contribution in [2.75, 3.05) is 13.7 Å². The molecule has 1 saturated heterocycles. The molecule has 4 aliphatic carbocycles. The van der Waals surface area contributed by atoms with Crippen LogP contribution in [0.3, 0.4) is 0 Å². The number of hydrogen-bond acceptors (Lipinski definition) is 3. The second-order valence-electron chi connectivity index (χ2n) is 12.6. The molecule has 5 aliphatic rings. The highest BCUT2D eigenvalue weighted by molar-refractivity contribution is 5.12. The van der Waals surface area contributed by atoms with Crippen molar-refractivity contribution in [2.45, 2.75) is 110 Å². The van der Waals surface area contributed by atoms with Gasteiger partial charge in [-0.1, -0.05) is 27.2 Å². The molecule has 0 aromatic heterocycles. The second kappa shape index (κ2) is 8.03. The molecule has 11 atom stereocenters. The first-order valence-electron chi connectivity index (χ1n) is 13.3. The molecule has 0 bridgehead atoms. The van der Waals surface area contributed by atoms with Crippen LogP contribution in [0.5, 0.6) is 0 Å². The zero-order valence-corrected chi connectivity index (χ0v) is 20.0. The summed E-state index contributed by atoms with van der Waals surface area (Å²) in [6, 6.07) is 0.683. The maximum atomic E-state index is 10.3. The SMILES string of the molecule is CO[C@H]1C[C@H]2[C@@H]3CC[C@H]4C[C@@H](O)CC[C@]4(C)[C@H]3CC[C@]2(C)C1C(C)C1CCCCN1. The molecule has 3 unspecified atom stereocenters. The van der Waals surface area contributed by atoms with E-state index in [9.17, 15) is 5.11 Å². The summed E-state index contributed by atoms with van der Waals surface area (Å²) < 4.78 is 6.26. The number of piperidine rings is 1. The number of aliphatic hydroxyl groups excluding tert-OH is 1. The highest BCUT2D eigenvalue weighted by atomic mass is 16.5. The Kier molecular flexibility index (Phi) is 5.81. The first-order chi connectivity index (χ1) is 14.4. The van der Waals surface area contributed by atoms with Crippen molar-refractivity contribution in [2.24, 2.45) is 46.3 Å². The van der Waals surface area contributed by atoms with Crippen molar-refractivity contribution in [3.8, 4) is 0 Å².